The molecular formula is C32H27N3OS. The highest BCUT2D eigenvalue weighted by Gasteiger charge is 2.24. The number of nitrogens with zero attached hydrogens (tertiary/aromatic N) is 3. The zero-order valence-corrected chi connectivity index (χ0v) is 21.6. The summed E-state index contributed by atoms with van der Waals surface area (Å²) in [6, 6.07) is 23.2. The lowest BCUT2D eigenvalue weighted by Crippen LogP contribution is -2.28. The number of piperidine rings is 1. The van der Waals surface area contributed by atoms with Crippen LogP contribution in [-0.2, 0) is 4.74 Å². The van der Waals surface area contributed by atoms with Crippen molar-refractivity contribution >= 4 is 22.4 Å². The molecule has 0 N–H and O–H groups in total. The fourth-order valence-electron chi connectivity index (χ4n) is 4.83. The Kier molecular flexibility index (Phi) is 7.36. The summed E-state index contributed by atoms with van der Waals surface area (Å²) in [5, 5.41) is 10.6. The van der Waals surface area contributed by atoms with Gasteiger partial charge in [0.15, 0.2) is 0 Å². The fraction of sp³-hybridized carbons (Fsp3) is 0.188. The molecule has 182 valence electrons. The van der Waals surface area contributed by atoms with Crippen LogP contribution in [0.15, 0.2) is 102 Å². The Morgan fingerprint density at radius 1 is 0.946 bits per heavy atom. The van der Waals surface area contributed by atoms with Crippen molar-refractivity contribution in [2.24, 2.45) is 0 Å². The predicted molar refractivity (Wildman–Crippen MR) is 152 cm³/mol. The van der Waals surface area contributed by atoms with E-state index in [-0.39, 0.29) is 5.70 Å². The van der Waals surface area contributed by atoms with Gasteiger partial charge in [-0.05, 0) is 67.2 Å². The minimum atomic E-state index is 0.0633. The monoisotopic (exact) mass is 501 g/mol. The van der Waals surface area contributed by atoms with Crippen molar-refractivity contribution in [3.05, 3.63) is 118 Å². The van der Waals surface area contributed by atoms with Crippen molar-refractivity contribution in [2.45, 2.75) is 26.2 Å². The van der Waals surface area contributed by atoms with Crippen molar-refractivity contribution in [1.82, 2.24) is 0 Å². The third-order valence-corrected chi connectivity index (χ3v) is 7.73. The van der Waals surface area contributed by atoms with Gasteiger partial charge in [-0.25, -0.2) is 10.1 Å². The van der Waals surface area contributed by atoms with Gasteiger partial charge in [-0.1, -0.05) is 60.7 Å². The van der Waals surface area contributed by atoms with Gasteiger partial charge in [0.2, 0.25) is 0 Å². The summed E-state index contributed by atoms with van der Waals surface area (Å²) in [5.41, 5.74) is 5.52. The third kappa shape index (κ3) is 5.28. The molecule has 37 heavy (non-hydrogen) atoms. The number of benzene rings is 2. The smallest absolute Gasteiger partial charge is 0.269 e. The quantitative estimate of drug-likeness (QED) is 0.260. The van der Waals surface area contributed by atoms with Crippen molar-refractivity contribution in [3.63, 3.8) is 0 Å². The van der Waals surface area contributed by atoms with E-state index >= 15 is 0 Å². The number of anilines is 1. The van der Waals surface area contributed by atoms with E-state index in [0.717, 1.165) is 18.0 Å². The predicted octanol–water partition coefficient (Wildman–Crippen LogP) is 8.60. The highest BCUT2D eigenvalue weighted by atomic mass is 32.1. The molecule has 0 amide bonds. The Morgan fingerprint density at radius 2 is 1.59 bits per heavy atom. The number of ether oxygens (including phenoxy) is 1. The summed E-state index contributed by atoms with van der Waals surface area (Å²) in [6.45, 7) is 11.3. The maximum Gasteiger partial charge on any atom is 0.269 e. The van der Waals surface area contributed by atoms with Gasteiger partial charge < -0.3 is 9.64 Å². The van der Waals surface area contributed by atoms with Crippen LogP contribution >= 0.6 is 11.3 Å². The first-order valence-electron chi connectivity index (χ1n) is 12.5. The first-order chi connectivity index (χ1) is 18.2. The first-order valence-corrected chi connectivity index (χ1v) is 13.3. The topological polar surface area (TPSA) is 40.6 Å². The van der Waals surface area contributed by atoms with E-state index in [0.29, 0.717) is 17.1 Å². The lowest BCUT2D eigenvalue weighted by molar-refractivity contribution is 0.318. The Morgan fingerprint density at radius 3 is 2.22 bits per heavy atom. The molecule has 0 saturated carbocycles. The van der Waals surface area contributed by atoms with Crippen LogP contribution < -0.4 is 4.90 Å². The second-order valence-corrected chi connectivity index (χ2v) is 10.1. The normalized spacial score (nSPS) is 16.9. The molecule has 0 aliphatic carbocycles. The number of rotatable bonds is 5. The zero-order valence-electron chi connectivity index (χ0n) is 20.8. The van der Waals surface area contributed by atoms with E-state index in [9.17, 15) is 5.26 Å². The van der Waals surface area contributed by atoms with Gasteiger partial charge in [0.25, 0.3) is 5.70 Å². The highest BCUT2D eigenvalue weighted by Crippen LogP contribution is 2.49. The minimum Gasteiger partial charge on any atom is -0.462 e. The van der Waals surface area contributed by atoms with Crippen molar-refractivity contribution in [1.29, 1.82) is 5.26 Å². The van der Waals surface area contributed by atoms with Gasteiger partial charge in [-0.3, -0.25) is 0 Å². The van der Waals surface area contributed by atoms with Gasteiger partial charge in [-0.2, -0.15) is 0 Å². The lowest BCUT2D eigenvalue weighted by Gasteiger charge is -2.28. The summed E-state index contributed by atoms with van der Waals surface area (Å²) in [6.07, 6.45) is 11.3. The molecule has 0 unspecified atom stereocenters. The van der Waals surface area contributed by atoms with Gasteiger partial charge in [0.1, 0.15) is 16.5 Å². The van der Waals surface area contributed by atoms with Crippen LogP contribution in [0.5, 0.6) is 0 Å². The number of hydrogen-bond donors (Lipinski definition) is 0. The molecule has 1 aromatic heterocycles. The second kappa shape index (κ2) is 11.2. The van der Waals surface area contributed by atoms with Crippen LogP contribution in [-0.4, -0.2) is 13.1 Å². The second-order valence-electron chi connectivity index (χ2n) is 9.07. The van der Waals surface area contributed by atoms with Gasteiger partial charge in [-0.15, -0.1) is 11.3 Å². The molecule has 1 fully saturated rings. The molecule has 0 spiro atoms. The van der Waals surface area contributed by atoms with Crippen LogP contribution in [0.2, 0.25) is 0 Å². The average molecular weight is 502 g/mol. The van der Waals surface area contributed by atoms with Crippen LogP contribution in [0.1, 0.15) is 31.1 Å². The van der Waals surface area contributed by atoms with E-state index < -0.39 is 0 Å². The third-order valence-electron chi connectivity index (χ3n) is 6.51. The van der Waals surface area contributed by atoms with Gasteiger partial charge in [0.05, 0.1) is 12.6 Å². The highest BCUT2D eigenvalue weighted by molar-refractivity contribution is 7.18. The zero-order chi connectivity index (χ0) is 25.6. The average Bonchev–Trinajstić information content (AvgIpc) is 3.33. The summed E-state index contributed by atoms with van der Waals surface area (Å²) < 4.78 is 5.94. The van der Waals surface area contributed by atoms with Crippen LogP contribution in [0.4, 0.5) is 5.00 Å². The molecule has 0 radical (unpaired) electrons. The Bertz CT molecular complexity index is 1470. The summed E-state index contributed by atoms with van der Waals surface area (Å²) in [7, 11) is 0. The molecule has 3 heterocycles. The number of nitriles is 1. The SMILES string of the molecule is [C-]#[N+]C(C#N)=C1C=C(C)OC(C=Cc2sc(N3CCCCC3)c(-c3ccccc3)c2-c2ccccc2)=C1. The van der Waals surface area contributed by atoms with Crippen molar-refractivity contribution in [2.75, 3.05) is 18.0 Å². The molecule has 0 atom stereocenters. The molecule has 2 aliphatic rings. The summed E-state index contributed by atoms with van der Waals surface area (Å²) in [5.74, 6) is 1.27. The number of thiophene rings is 1. The molecule has 2 aromatic carbocycles. The van der Waals surface area contributed by atoms with E-state index in [1.54, 1.807) is 12.2 Å². The molecule has 0 bridgehead atoms. The number of allylic oxidation sites excluding steroid dienone is 6. The first kappa shape index (κ1) is 24.4. The molecule has 3 aromatic rings. The van der Waals surface area contributed by atoms with Crippen LogP contribution in [0.25, 0.3) is 33.2 Å². The molecule has 1 saturated heterocycles. The number of hydrogen-bond acceptors (Lipinski definition) is 4. The largest absolute Gasteiger partial charge is 0.462 e. The van der Waals surface area contributed by atoms with Gasteiger partial charge >= 0.3 is 0 Å². The fourth-order valence-corrected chi connectivity index (χ4v) is 6.13. The molecule has 4 nitrogen and oxygen atoms in total. The summed E-state index contributed by atoms with van der Waals surface area (Å²) >= 11 is 1.82. The van der Waals surface area contributed by atoms with E-state index in [1.165, 1.54) is 46.5 Å². The van der Waals surface area contributed by atoms with E-state index in [1.807, 2.05) is 36.5 Å². The maximum absolute atomic E-state index is 9.34. The van der Waals surface area contributed by atoms with Crippen molar-refractivity contribution < 1.29 is 4.74 Å². The minimum absolute atomic E-state index is 0.0633. The Balaban J connectivity index is 1.67. The van der Waals surface area contributed by atoms with Crippen molar-refractivity contribution in [3.8, 4) is 28.3 Å². The van der Waals surface area contributed by atoms with Crippen LogP contribution in [0, 0.1) is 17.9 Å². The van der Waals surface area contributed by atoms with Gasteiger partial charge in [0, 0.05) is 29.1 Å². The maximum atomic E-state index is 9.34. The molecule has 2 aliphatic heterocycles. The summed E-state index contributed by atoms with van der Waals surface area (Å²) in [4.78, 5) is 7.06. The molecule has 5 rings (SSSR count). The van der Waals surface area contributed by atoms with E-state index in [2.05, 4.69) is 70.4 Å². The van der Waals surface area contributed by atoms with E-state index in [4.69, 9.17) is 11.3 Å². The molecular weight excluding hydrogens is 474 g/mol. The molecule has 5 heteroatoms. The lowest BCUT2D eigenvalue weighted by atomic mass is 9.95. The Labute approximate surface area is 222 Å². The Hall–Kier alpha value is -4.32. The van der Waals surface area contributed by atoms with Crippen LogP contribution in [0.3, 0.4) is 0 Å². The standard InChI is InChI=1S/C32H27N3OS/c1-23-20-26(28(22-33)34-2)21-27(36-23)16-17-29-30(24-12-6-3-7-13-24)31(25-14-8-4-9-15-25)32(37-29)35-18-10-5-11-19-35/h3-4,6-9,12-17,20-21H,5,10-11,18-19H2,1H3.